The Morgan fingerprint density at radius 3 is 2.95 bits per heavy atom. The quantitative estimate of drug-likeness (QED) is 0.803. The molecule has 0 amide bonds. The summed E-state index contributed by atoms with van der Waals surface area (Å²) in [6, 6.07) is 6.09. The van der Waals surface area contributed by atoms with E-state index in [0.29, 0.717) is 11.5 Å². The van der Waals surface area contributed by atoms with Crippen LogP contribution in [0.5, 0.6) is 5.75 Å². The molecule has 0 bridgehead atoms. The molecular formula is C17H19NO3S. The molecule has 0 saturated heterocycles. The highest BCUT2D eigenvalue weighted by atomic mass is 32.1. The van der Waals surface area contributed by atoms with E-state index >= 15 is 0 Å². The van der Waals surface area contributed by atoms with Gasteiger partial charge in [-0.2, -0.15) is 0 Å². The second kappa shape index (κ2) is 5.39. The summed E-state index contributed by atoms with van der Waals surface area (Å²) in [4.78, 5) is 17.0. The summed E-state index contributed by atoms with van der Waals surface area (Å²) in [7, 11) is 0. The Balaban J connectivity index is 1.93. The number of hydrogen-bond acceptors (Lipinski definition) is 5. The van der Waals surface area contributed by atoms with E-state index in [1.165, 1.54) is 16.9 Å². The molecule has 0 unspecified atom stereocenters. The van der Waals surface area contributed by atoms with Crippen molar-refractivity contribution in [3.05, 3.63) is 34.3 Å². The highest BCUT2D eigenvalue weighted by Gasteiger charge is 2.30. The van der Waals surface area contributed by atoms with Gasteiger partial charge in [0.25, 0.3) is 0 Å². The van der Waals surface area contributed by atoms with E-state index in [-0.39, 0.29) is 11.6 Å². The van der Waals surface area contributed by atoms with Gasteiger partial charge in [0, 0.05) is 12.0 Å². The number of nitrogens with zero attached hydrogens (tertiary/aromatic N) is 1. The minimum Gasteiger partial charge on any atom is -0.487 e. The van der Waals surface area contributed by atoms with Crippen molar-refractivity contribution >= 4 is 17.3 Å². The third-order valence-corrected chi connectivity index (χ3v) is 4.75. The Hall–Kier alpha value is -1.88. The number of aromatic nitrogens is 1. The molecule has 4 nitrogen and oxygen atoms in total. The molecule has 0 fully saturated rings. The first-order valence-electron chi connectivity index (χ1n) is 7.36. The number of aryl methyl sites for hydroxylation is 1. The number of ether oxygens (including phenoxy) is 2. The first-order valence-corrected chi connectivity index (χ1v) is 8.18. The molecule has 0 atom stereocenters. The van der Waals surface area contributed by atoms with Crippen LogP contribution in [0.1, 0.15) is 41.7 Å². The van der Waals surface area contributed by atoms with Crippen LogP contribution in [0.25, 0.3) is 10.6 Å². The van der Waals surface area contributed by atoms with Crippen LogP contribution in [0.3, 0.4) is 0 Å². The average molecular weight is 317 g/mol. The molecule has 1 aliphatic rings. The van der Waals surface area contributed by atoms with Gasteiger partial charge in [0.1, 0.15) is 21.2 Å². The lowest BCUT2D eigenvalue weighted by molar-refractivity contribution is 0.0531. The summed E-state index contributed by atoms with van der Waals surface area (Å²) in [6.07, 6.45) is 0.880. The minimum atomic E-state index is -0.297. The summed E-state index contributed by atoms with van der Waals surface area (Å²) < 4.78 is 11.0. The molecule has 2 aromatic rings. The molecule has 0 aliphatic carbocycles. The van der Waals surface area contributed by atoms with Gasteiger partial charge in [-0.25, -0.2) is 9.78 Å². The SMILES string of the molecule is CCOC(=O)c1sc(-c2ccc3c(c2)CC(C)(C)O3)nc1C. The highest BCUT2D eigenvalue weighted by molar-refractivity contribution is 7.17. The third kappa shape index (κ3) is 2.73. The number of thiazole rings is 1. The first kappa shape index (κ1) is 15.0. The lowest BCUT2D eigenvalue weighted by Gasteiger charge is -2.16. The van der Waals surface area contributed by atoms with Crippen LogP contribution in [-0.2, 0) is 11.2 Å². The van der Waals surface area contributed by atoms with Crippen molar-refractivity contribution in [3.63, 3.8) is 0 Å². The molecule has 2 heterocycles. The Morgan fingerprint density at radius 2 is 2.23 bits per heavy atom. The molecule has 0 N–H and O–H groups in total. The van der Waals surface area contributed by atoms with Crippen molar-refractivity contribution in [2.24, 2.45) is 0 Å². The predicted molar refractivity (Wildman–Crippen MR) is 86.7 cm³/mol. The normalized spacial score (nSPS) is 15.3. The van der Waals surface area contributed by atoms with Crippen LogP contribution < -0.4 is 4.74 Å². The Morgan fingerprint density at radius 1 is 1.45 bits per heavy atom. The van der Waals surface area contributed by atoms with E-state index in [9.17, 15) is 4.79 Å². The number of hydrogen-bond donors (Lipinski definition) is 0. The fourth-order valence-electron chi connectivity index (χ4n) is 2.65. The number of fused-ring (bicyclic) bond motifs is 1. The Bertz CT molecular complexity index is 734. The molecule has 1 aliphatic heterocycles. The molecular weight excluding hydrogens is 298 g/mol. The van der Waals surface area contributed by atoms with E-state index in [1.807, 2.05) is 19.1 Å². The molecule has 0 saturated carbocycles. The topological polar surface area (TPSA) is 48.4 Å². The Labute approximate surface area is 134 Å². The maximum atomic E-state index is 11.9. The van der Waals surface area contributed by atoms with E-state index in [1.54, 1.807) is 6.92 Å². The molecule has 5 heteroatoms. The van der Waals surface area contributed by atoms with Crippen molar-refractivity contribution in [1.29, 1.82) is 0 Å². The maximum absolute atomic E-state index is 11.9. The zero-order valence-corrected chi connectivity index (χ0v) is 14.0. The van der Waals surface area contributed by atoms with Crippen LogP contribution in [0.2, 0.25) is 0 Å². The van der Waals surface area contributed by atoms with Crippen LogP contribution in [0.4, 0.5) is 0 Å². The molecule has 0 radical (unpaired) electrons. The largest absolute Gasteiger partial charge is 0.487 e. The van der Waals surface area contributed by atoms with E-state index in [0.717, 1.165) is 28.4 Å². The monoisotopic (exact) mass is 317 g/mol. The van der Waals surface area contributed by atoms with Crippen molar-refractivity contribution in [2.45, 2.75) is 39.7 Å². The molecule has 1 aromatic heterocycles. The van der Waals surface area contributed by atoms with Crippen molar-refractivity contribution in [2.75, 3.05) is 6.61 Å². The number of carbonyl (C=O) groups is 1. The molecule has 116 valence electrons. The zero-order valence-electron chi connectivity index (χ0n) is 13.2. The summed E-state index contributed by atoms with van der Waals surface area (Å²) in [5.74, 6) is 0.641. The standard InChI is InChI=1S/C17H19NO3S/c1-5-20-16(19)14-10(2)18-15(22-14)11-6-7-13-12(8-11)9-17(3,4)21-13/h6-8H,5,9H2,1-4H3. The van der Waals surface area contributed by atoms with E-state index < -0.39 is 0 Å². The minimum absolute atomic E-state index is 0.157. The van der Waals surface area contributed by atoms with Crippen LogP contribution >= 0.6 is 11.3 Å². The lowest BCUT2D eigenvalue weighted by atomic mass is 10.0. The summed E-state index contributed by atoms with van der Waals surface area (Å²) >= 11 is 1.38. The van der Waals surface area contributed by atoms with E-state index in [2.05, 4.69) is 24.9 Å². The van der Waals surface area contributed by atoms with Gasteiger partial charge >= 0.3 is 5.97 Å². The van der Waals surface area contributed by atoms with Crippen LogP contribution in [0.15, 0.2) is 18.2 Å². The third-order valence-electron chi connectivity index (χ3n) is 3.57. The summed E-state index contributed by atoms with van der Waals surface area (Å²) in [5.41, 5.74) is 2.77. The van der Waals surface area contributed by atoms with Crippen LogP contribution in [-0.4, -0.2) is 23.2 Å². The van der Waals surface area contributed by atoms with E-state index in [4.69, 9.17) is 9.47 Å². The van der Waals surface area contributed by atoms with Gasteiger partial charge in [-0.3, -0.25) is 0 Å². The van der Waals surface area contributed by atoms with Gasteiger partial charge in [-0.05, 0) is 51.5 Å². The van der Waals surface area contributed by atoms with Gasteiger partial charge in [-0.15, -0.1) is 11.3 Å². The second-order valence-electron chi connectivity index (χ2n) is 6.02. The molecule has 0 spiro atoms. The fourth-order valence-corrected chi connectivity index (χ4v) is 3.60. The number of rotatable bonds is 3. The average Bonchev–Trinajstić information content (AvgIpc) is 2.96. The molecule has 22 heavy (non-hydrogen) atoms. The second-order valence-corrected chi connectivity index (χ2v) is 7.01. The summed E-state index contributed by atoms with van der Waals surface area (Å²) in [6.45, 7) is 8.18. The highest BCUT2D eigenvalue weighted by Crippen LogP contribution is 2.38. The molecule has 1 aromatic carbocycles. The van der Waals surface area contributed by atoms with Gasteiger partial charge in [0.2, 0.25) is 0 Å². The fraction of sp³-hybridized carbons (Fsp3) is 0.412. The molecule has 3 rings (SSSR count). The van der Waals surface area contributed by atoms with Gasteiger partial charge in [0.05, 0.1) is 12.3 Å². The van der Waals surface area contributed by atoms with Crippen LogP contribution in [0, 0.1) is 6.92 Å². The van der Waals surface area contributed by atoms with Gasteiger partial charge in [-0.1, -0.05) is 0 Å². The maximum Gasteiger partial charge on any atom is 0.350 e. The number of benzene rings is 1. The van der Waals surface area contributed by atoms with Gasteiger partial charge in [0.15, 0.2) is 0 Å². The van der Waals surface area contributed by atoms with Crippen molar-refractivity contribution in [1.82, 2.24) is 4.98 Å². The first-order chi connectivity index (χ1) is 10.4. The summed E-state index contributed by atoms with van der Waals surface area (Å²) in [5, 5.41) is 0.841. The predicted octanol–water partition coefficient (Wildman–Crippen LogP) is 4.01. The van der Waals surface area contributed by atoms with Crippen molar-refractivity contribution < 1.29 is 14.3 Å². The van der Waals surface area contributed by atoms with Crippen molar-refractivity contribution in [3.8, 4) is 16.3 Å². The zero-order chi connectivity index (χ0) is 15.9. The smallest absolute Gasteiger partial charge is 0.350 e. The number of carbonyl (C=O) groups excluding carboxylic acids is 1. The number of esters is 1. The Kier molecular flexibility index (Phi) is 3.68. The lowest BCUT2D eigenvalue weighted by Crippen LogP contribution is -2.24. The van der Waals surface area contributed by atoms with Gasteiger partial charge < -0.3 is 9.47 Å².